The fourth-order valence-corrected chi connectivity index (χ4v) is 3.07. The molecule has 0 spiro atoms. The number of fused-ring (bicyclic) bond motifs is 1. The molecule has 0 aliphatic carbocycles. The smallest absolute Gasteiger partial charge is 0.220 e. The Kier molecular flexibility index (Phi) is 6.60. The Labute approximate surface area is 154 Å². The predicted molar refractivity (Wildman–Crippen MR) is 100 cm³/mol. The van der Waals surface area contributed by atoms with Crippen molar-refractivity contribution in [1.29, 1.82) is 0 Å². The number of ether oxygens (including phenoxy) is 2. The number of carbonyl (C=O) groups is 1. The van der Waals surface area contributed by atoms with Gasteiger partial charge < -0.3 is 24.7 Å². The first-order chi connectivity index (χ1) is 12.6. The minimum absolute atomic E-state index is 0.00201. The van der Waals surface area contributed by atoms with Gasteiger partial charge in [0.25, 0.3) is 0 Å². The van der Waals surface area contributed by atoms with Gasteiger partial charge >= 0.3 is 0 Å². The summed E-state index contributed by atoms with van der Waals surface area (Å²) in [6.07, 6.45) is 1.79. The number of hydrogen-bond acceptors (Lipinski definition) is 5. The third kappa shape index (κ3) is 5.27. The zero-order valence-electron chi connectivity index (χ0n) is 15.5. The van der Waals surface area contributed by atoms with Crippen LogP contribution in [0.2, 0.25) is 0 Å². The molecule has 0 saturated carbocycles. The topological polar surface area (TPSA) is 79.5 Å². The van der Waals surface area contributed by atoms with Crippen LogP contribution in [0.4, 0.5) is 0 Å². The van der Waals surface area contributed by atoms with E-state index in [4.69, 9.17) is 9.47 Å². The molecule has 1 aliphatic rings. The van der Waals surface area contributed by atoms with E-state index < -0.39 is 0 Å². The van der Waals surface area contributed by atoms with Crippen LogP contribution in [0.5, 0.6) is 0 Å². The van der Waals surface area contributed by atoms with Crippen LogP contribution in [0.1, 0.15) is 18.7 Å². The molecule has 1 aliphatic heterocycles. The quantitative estimate of drug-likeness (QED) is 0.743. The second-order valence-corrected chi connectivity index (χ2v) is 6.95. The van der Waals surface area contributed by atoms with Crippen molar-refractivity contribution in [3.63, 3.8) is 0 Å². The number of amides is 1. The molecular formula is C19H28N4O3. The summed E-state index contributed by atoms with van der Waals surface area (Å²) in [5, 5.41) is 3.07. The third-order valence-corrected chi connectivity index (χ3v) is 4.54. The van der Waals surface area contributed by atoms with Crippen molar-refractivity contribution in [2.75, 3.05) is 40.5 Å². The number of hydrogen-bond donors (Lipinski definition) is 2. The molecule has 2 heterocycles. The molecule has 2 atom stereocenters. The van der Waals surface area contributed by atoms with Crippen LogP contribution in [-0.4, -0.2) is 73.4 Å². The fraction of sp³-hybridized carbons (Fsp3) is 0.579. The molecule has 0 radical (unpaired) electrons. The molecule has 2 aromatic rings. The lowest BCUT2D eigenvalue weighted by Crippen LogP contribution is -2.51. The SMILES string of the molecule is CN(C)CCO[C@@H]1CCOC[C@@H]1NC(=O)CCc1nc2ccccc2[nH]1. The maximum absolute atomic E-state index is 12.4. The lowest BCUT2D eigenvalue weighted by atomic mass is 10.1. The number of benzene rings is 1. The van der Waals surface area contributed by atoms with Crippen molar-refractivity contribution in [3.05, 3.63) is 30.1 Å². The zero-order valence-corrected chi connectivity index (χ0v) is 15.5. The van der Waals surface area contributed by atoms with E-state index in [9.17, 15) is 4.79 Å². The molecule has 7 nitrogen and oxygen atoms in total. The van der Waals surface area contributed by atoms with E-state index in [1.807, 2.05) is 38.4 Å². The number of rotatable bonds is 8. The van der Waals surface area contributed by atoms with Crippen LogP contribution in [0.3, 0.4) is 0 Å². The molecule has 1 amide bonds. The van der Waals surface area contributed by atoms with Gasteiger partial charge in [0.2, 0.25) is 5.91 Å². The summed E-state index contributed by atoms with van der Waals surface area (Å²) in [4.78, 5) is 22.2. The molecular weight excluding hydrogens is 332 g/mol. The van der Waals surface area contributed by atoms with E-state index in [0.29, 0.717) is 32.7 Å². The highest BCUT2D eigenvalue weighted by molar-refractivity contribution is 5.77. The van der Waals surface area contributed by atoms with E-state index >= 15 is 0 Å². The van der Waals surface area contributed by atoms with Gasteiger partial charge in [-0.3, -0.25) is 4.79 Å². The number of H-pyrrole nitrogens is 1. The largest absolute Gasteiger partial charge is 0.379 e. The number of aromatic nitrogens is 2. The number of aromatic amines is 1. The van der Waals surface area contributed by atoms with E-state index in [2.05, 4.69) is 20.2 Å². The lowest BCUT2D eigenvalue weighted by molar-refractivity contribution is -0.126. The van der Waals surface area contributed by atoms with E-state index in [1.54, 1.807) is 0 Å². The van der Waals surface area contributed by atoms with Gasteiger partial charge in [-0.2, -0.15) is 0 Å². The first-order valence-electron chi connectivity index (χ1n) is 9.19. The van der Waals surface area contributed by atoms with Crippen LogP contribution < -0.4 is 5.32 Å². The van der Waals surface area contributed by atoms with Gasteiger partial charge in [0.15, 0.2) is 0 Å². The Balaban J connectivity index is 1.47. The van der Waals surface area contributed by atoms with Gasteiger partial charge in [-0.25, -0.2) is 4.98 Å². The predicted octanol–water partition coefficient (Wildman–Crippen LogP) is 1.35. The molecule has 2 N–H and O–H groups in total. The van der Waals surface area contributed by atoms with E-state index in [1.165, 1.54) is 0 Å². The van der Waals surface area contributed by atoms with Crippen LogP contribution in [0, 0.1) is 0 Å². The Morgan fingerprint density at radius 2 is 2.27 bits per heavy atom. The van der Waals surface area contributed by atoms with Crippen LogP contribution >= 0.6 is 0 Å². The summed E-state index contributed by atoms with van der Waals surface area (Å²) in [6.45, 7) is 2.70. The van der Waals surface area contributed by atoms with Gasteiger partial charge in [-0.1, -0.05) is 12.1 Å². The van der Waals surface area contributed by atoms with Gasteiger partial charge in [-0.15, -0.1) is 0 Å². The van der Waals surface area contributed by atoms with Gasteiger partial charge in [0, 0.05) is 26.0 Å². The van der Waals surface area contributed by atoms with Crippen molar-refractivity contribution in [1.82, 2.24) is 20.2 Å². The molecule has 3 rings (SSSR count). The van der Waals surface area contributed by atoms with E-state index in [-0.39, 0.29) is 18.1 Å². The summed E-state index contributed by atoms with van der Waals surface area (Å²) in [5.41, 5.74) is 1.93. The average Bonchev–Trinajstić information content (AvgIpc) is 3.04. The molecule has 26 heavy (non-hydrogen) atoms. The summed E-state index contributed by atoms with van der Waals surface area (Å²) >= 11 is 0. The zero-order chi connectivity index (χ0) is 18.4. The van der Waals surface area contributed by atoms with Crippen LogP contribution in [0.25, 0.3) is 11.0 Å². The number of likely N-dealkylation sites (N-methyl/N-ethyl adjacent to an activating group) is 1. The maximum atomic E-state index is 12.4. The van der Waals surface area contributed by atoms with Crippen LogP contribution in [0.15, 0.2) is 24.3 Å². The highest BCUT2D eigenvalue weighted by Crippen LogP contribution is 2.14. The van der Waals surface area contributed by atoms with Gasteiger partial charge in [0.05, 0.1) is 36.4 Å². The van der Waals surface area contributed by atoms with Crippen molar-refractivity contribution in [2.24, 2.45) is 0 Å². The molecule has 1 fully saturated rings. The van der Waals surface area contributed by atoms with Gasteiger partial charge in [-0.05, 0) is 32.6 Å². The Morgan fingerprint density at radius 1 is 1.42 bits per heavy atom. The number of carbonyl (C=O) groups excluding carboxylic acids is 1. The normalized spacial score (nSPS) is 20.6. The molecule has 1 aromatic carbocycles. The number of imidazole rings is 1. The maximum Gasteiger partial charge on any atom is 0.220 e. The third-order valence-electron chi connectivity index (χ3n) is 4.54. The van der Waals surface area contributed by atoms with E-state index in [0.717, 1.165) is 29.8 Å². The second-order valence-electron chi connectivity index (χ2n) is 6.95. The summed E-state index contributed by atoms with van der Waals surface area (Å²) in [7, 11) is 4.04. The van der Waals surface area contributed by atoms with Gasteiger partial charge in [0.1, 0.15) is 5.82 Å². The minimum Gasteiger partial charge on any atom is -0.379 e. The molecule has 1 saturated heterocycles. The molecule has 0 bridgehead atoms. The number of para-hydroxylation sites is 2. The Bertz CT molecular complexity index is 683. The monoisotopic (exact) mass is 360 g/mol. The number of nitrogens with one attached hydrogen (secondary N) is 2. The molecule has 142 valence electrons. The molecule has 0 unspecified atom stereocenters. The number of nitrogens with zero attached hydrogens (tertiary/aromatic N) is 2. The molecule has 1 aromatic heterocycles. The highest BCUT2D eigenvalue weighted by atomic mass is 16.5. The Morgan fingerprint density at radius 3 is 3.08 bits per heavy atom. The lowest BCUT2D eigenvalue weighted by Gasteiger charge is -2.32. The Hall–Kier alpha value is -1.96. The summed E-state index contributed by atoms with van der Waals surface area (Å²) in [6, 6.07) is 7.79. The number of aryl methyl sites for hydroxylation is 1. The van der Waals surface area contributed by atoms with Crippen LogP contribution in [-0.2, 0) is 20.7 Å². The first-order valence-corrected chi connectivity index (χ1v) is 9.19. The standard InChI is InChI=1S/C19H28N4O3/c1-23(2)10-12-26-17-9-11-25-13-16(17)22-19(24)8-7-18-20-14-5-3-4-6-15(14)21-18/h3-6,16-17H,7-13H2,1-2H3,(H,20,21)(H,22,24)/t16-,17+/m0/s1. The van der Waals surface area contributed by atoms with Crippen molar-refractivity contribution >= 4 is 16.9 Å². The minimum atomic E-state index is -0.0888. The summed E-state index contributed by atoms with van der Waals surface area (Å²) in [5.74, 6) is 0.835. The van der Waals surface area contributed by atoms with Crippen molar-refractivity contribution in [3.8, 4) is 0 Å². The van der Waals surface area contributed by atoms with Crippen molar-refractivity contribution < 1.29 is 14.3 Å². The second kappa shape index (κ2) is 9.12. The van der Waals surface area contributed by atoms with Crippen molar-refractivity contribution in [2.45, 2.75) is 31.4 Å². The highest BCUT2D eigenvalue weighted by Gasteiger charge is 2.27. The summed E-state index contributed by atoms with van der Waals surface area (Å²) < 4.78 is 11.5. The molecule has 7 heteroatoms. The average molecular weight is 360 g/mol. The first kappa shape index (κ1) is 18.8. The fourth-order valence-electron chi connectivity index (χ4n) is 3.07.